The van der Waals surface area contributed by atoms with Crippen molar-refractivity contribution < 1.29 is 4.79 Å². The molecule has 0 aliphatic carbocycles. The molecule has 25 heavy (non-hydrogen) atoms. The minimum atomic E-state index is -0.243. The van der Waals surface area contributed by atoms with E-state index in [0.29, 0.717) is 15.0 Å². The van der Waals surface area contributed by atoms with Crippen LogP contribution in [-0.2, 0) is 0 Å². The fourth-order valence-electron chi connectivity index (χ4n) is 2.54. The maximum Gasteiger partial charge on any atom is 0.269 e. The van der Waals surface area contributed by atoms with Gasteiger partial charge in [-0.3, -0.25) is 15.1 Å². The number of anilines is 1. The average Bonchev–Trinajstić information content (AvgIpc) is 3.21. The Hall–Kier alpha value is -2.28. The van der Waals surface area contributed by atoms with E-state index in [2.05, 4.69) is 15.3 Å². The smallest absolute Gasteiger partial charge is 0.269 e. The monoisotopic (exact) mass is 385 g/mol. The largest absolute Gasteiger partial charge is 0.297 e. The Balaban J connectivity index is 1.62. The lowest BCUT2D eigenvalue weighted by Gasteiger charge is -2.00. The zero-order valence-electron chi connectivity index (χ0n) is 13.1. The number of amides is 1. The minimum absolute atomic E-state index is 0.243. The van der Waals surface area contributed by atoms with E-state index in [9.17, 15) is 4.79 Å². The lowest BCUT2D eigenvalue weighted by atomic mass is 10.1. The molecule has 3 heterocycles. The molecule has 0 bridgehead atoms. The number of thiazole rings is 1. The summed E-state index contributed by atoms with van der Waals surface area (Å²) in [4.78, 5) is 21.8. The zero-order valence-corrected chi connectivity index (χ0v) is 15.5. The molecule has 1 N–H and O–H groups in total. The van der Waals surface area contributed by atoms with Crippen LogP contribution in [0.15, 0.2) is 48.0 Å². The predicted molar refractivity (Wildman–Crippen MR) is 105 cm³/mol. The van der Waals surface area contributed by atoms with Crippen molar-refractivity contribution in [3.05, 3.63) is 63.4 Å². The first-order chi connectivity index (χ1) is 12.1. The Morgan fingerprint density at radius 2 is 2.04 bits per heavy atom. The Labute approximate surface area is 157 Å². The number of aromatic nitrogens is 2. The van der Waals surface area contributed by atoms with Crippen molar-refractivity contribution in [2.75, 3.05) is 5.32 Å². The summed E-state index contributed by atoms with van der Waals surface area (Å²) in [6.07, 6.45) is 1.71. The summed E-state index contributed by atoms with van der Waals surface area (Å²) in [6.45, 7) is 1.99. The highest BCUT2D eigenvalue weighted by atomic mass is 35.5. The van der Waals surface area contributed by atoms with Gasteiger partial charge in [-0.05, 0) is 30.7 Å². The summed E-state index contributed by atoms with van der Waals surface area (Å²) in [5, 5.41) is 6.66. The van der Waals surface area contributed by atoms with Crippen molar-refractivity contribution in [2.45, 2.75) is 6.92 Å². The predicted octanol–water partition coefficient (Wildman–Crippen LogP) is 5.63. The van der Waals surface area contributed by atoms with Gasteiger partial charge in [0.15, 0.2) is 5.13 Å². The van der Waals surface area contributed by atoms with Crippen LogP contribution in [0, 0.1) is 6.92 Å². The number of nitrogens with zero attached hydrogens (tertiary/aromatic N) is 2. The number of benzene rings is 1. The van der Waals surface area contributed by atoms with Crippen molar-refractivity contribution in [3.63, 3.8) is 0 Å². The molecule has 0 saturated heterocycles. The van der Waals surface area contributed by atoms with Crippen LogP contribution in [0.25, 0.3) is 21.5 Å². The second-order valence-corrected chi connectivity index (χ2v) is 7.69. The molecule has 3 aromatic heterocycles. The van der Waals surface area contributed by atoms with Crippen molar-refractivity contribution in [1.82, 2.24) is 9.97 Å². The van der Waals surface area contributed by atoms with E-state index >= 15 is 0 Å². The molecule has 7 heteroatoms. The fraction of sp³-hybridized carbons (Fsp3) is 0.0556. The molecule has 0 radical (unpaired) electrons. The molecule has 0 spiro atoms. The van der Waals surface area contributed by atoms with E-state index in [-0.39, 0.29) is 5.91 Å². The molecule has 1 amide bonds. The van der Waals surface area contributed by atoms with Crippen LogP contribution in [-0.4, -0.2) is 15.9 Å². The molecule has 0 saturated carbocycles. The highest BCUT2D eigenvalue weighted by Gasteiger charge is 2.19. The Morgan fingerprint density at radius 1 is 1.16 bits per heavy atom. The summed E-state index contributed by atoms with van der Waals surface area (Å²) >= 11 is 9.20. The molecule has 0 atom stereocenters. The van der Waals surface area contributed by atoms with E-state index in [1.54, 1.807) is 6.20 Å². The first-order valence-corrected chi connectivity index (χ1v) is 9.57. The second-order valence-electron chi connectivity index (χ2n) is 5.40. The summed E-state index contributed by atoms with van der Waals surface area (Å²) in [6, 6.07) is 11.6. The number of fused-ring (bicyclic) bond motifs is 1. The number of hydrogen-bond acceptors (Lipinski definition) is 5. The van der Waals surface area contributed by atoms with Gasteiger partial charge in [-0.25, -0.2) is 4.98 Å². The van der Waals surface area contributed by atoms with Crippen LogP contribution >= 0.6 is 34.3 Å². The summed E-state index contributed by atoms with van der Waals surface area (Å²) in [7, 11) is 0. The molecule has 0 fully saturated rings. The third-order valence-electron chi connectivity index (χ3n) is 3.72. The lowest BCUT2D eigenvalue weighted by Crippen LogP contribution is -2.10. The molecular formula is C18H12ClN3OS2. The van der Waals surface area contributed by atoms with Gasteiger partial charge in [0, 0.05) is 21.7 Å². The van der Waals surface area contributed by atoms with Crippen LogP contribution in [0.3, 0.4) is 0 Å². The molecule has 0 aliphatic rings. The van der Waals surface area contributed by atoms with Gasteiger partial charge < -0.3 is 0 Å². The molecule has 4 aromatic rings. The van der Waals surface area contributed by atoms with E-state index < -0.39 is 0 Å². The van der Waals surface area contributed by atoms with Crippen LogP contribution in [0.4, 0.5) is 5.13 Å². The van der Waals surface area contributed by atoms with E-state index in [4.69, 9.17) is 11.6 Å². The van der Waals surface area contributed by atoms with Gasteiger partial charge in [-0.1, -0.05) is 29.8 Å². The summed E-state index contributed by atoms with van der Waals surface area (Å²) in [5.74, 6) is -0.243. The summed E-state index contributed by atoms with van der Waals surface area (Å²) in [5.41, 5.74) is 2.57. The zero-order chi connectivity index (χ0) is 17.4. The number of hydrogen-bond donors (Lipinski definition) is 1. The van der Waals surface area contributed by atoms with Crippen molar-refractivity contribution in [2.24, 2.45) is 0 Å². The van der Waals surface area contributed by atoms with Gasteiger partial charge in [-0.15, -0.1) is 22.7 Å². The number of rotatable bonds is 3. The Morgan fingerprint density at radius 3 is 2.80 bits per heavy atom. The molecular weight excluding hydrogens is 374 g/mol. The quantitative estimate of drug-likeness (QED) is 0.497. The third kappa shape index (κ3) is 3.04. The van der Waals surface area contributed by atoms with Crippen molar-refractivity contribution in [1.29, 1.82) is 0 Å². The van der Waals surface area contributed by atoms with Gasteiger partial charge in [0.05, 0.1) is 10.7 Å². The summed E-state index contributed by atoms with van der Waals surface area (Å²) < 4.78 is 1.00. The first kappa shape index (κ1) is 16.2. The second kappa shape index (κ2) is 6.55. The van der Waals surface area contributed by atoms with Gasteiger partial charge in [0.25, 0.3) is 5.91 Å². The van der Waals surface area contributed by atoms with Gasteiger partial charge in [-0.2, -0.15) is 0 Å². The highest BCUT2D eigenvalue weighted by molar-refractivity contribution is 7.22. The number of carbonyl (C=O) groups is 1. The van der Waals surface area contributed by atoms with Crippen LogP contribution in [0.5, 0.6) is 0 Å². The minimum Gasteiger partial charge on any atom is -0.297 e. The van der Waals surface area contributed by atoms with E-state index in [1.165, 1.54) is 22.7 Å². The van der Waals surface area contributed by atoms with Crippen LogP contribution < -0.4 is 5.32 Å². The molecule has 0 unspecified atom stereocenters. The maximum absolute atomic E-state index is 12.6. The average molecular weight is 386 g/mol. The van der Waals surface area contributed by atoms with Gasteiger partial charge in [0.2, 0.25) is 0 Å². The molecule has 4 rings (SSSR count). The first-order valence-electron chi connectivity index (χ1n) is 7.49. The van der Waals surface area contributed by atoms with Gasteiger partial charge in [0.1, 0.15) is 10.6 Å². The Kier molecular flexibility index (Phi) is 4.25. The number of nitrogens with one attached hydrogen (secondary N) is 1. The number of halogens is 1. The standard InChI is InChI=1S/C18H12ClN3OS2/c1-10-5-4-7-13-14(10)15(19)16(25-13)17(23)22-18-21-12(9-24-18)11-6-2-3-8-20-11/h2-9H,1H3,(H,21,22,23). The topological polar surface area (TPSA) is 54.9 Å². The maximum atomic E-state index is 12.6. The molecule has 0 aliphatic heterocycles. The third-order valence-corrected chi connectivity index (χ3v) is 6.13. The van der Waals surface area contributed by atoms with Crippen LogP contribution in [0.2, 0.25) is 5.02 Å². The Bertz CT molecular complexity index is 1070. The normalized spacial score (nSPS) is 11.0. The number of thiophene rings is 1. The lowest BCUT2D eigenvalue weighted by molar-refractivity contribution is 0.103. The molecule has 1 aromatic carbocycles. The van der Waals surface area contributed by atoms with E-state index in [1.807, 2.05) is 48.7 Å². The SMILES string of the molecule is Cc1cccc2sc(C(=O)Nc3nc(-c4ccccn4)cs3)c(Cl)c12. The molecule has 4 nitrogen and oxygen atoms in total. The highest BCUT2D eigenvalue weighted by Crippen LogP contribution is 2.37. The number of carbonyl (C=O) groups excluding carboxylic acids is 1. The number of aryl methyl sites for hydroxylation is 1. The van der Waals surface area contributed by atoms with Crippen molar-refractivity contribution in [3.8, 4) is 11.4 Å². The molecule has 124 valence electrons. The van der Waals surface area contributed by atoms with Crippen molar-refractivity contribution >= 4 is 55.4 Å². The van der Waals surface area contributed by atoms with E-state index in [0.717, 1.165) is 27.0 Å². The van der Waals surface area contributed by atoms with Gasteiger partial charge >= 0.3 is 0 Å². The number of pyridine rings is 1. The fourth-order valence-corrected chi connectivity index (χ4v) is 4.81. The van der Waals surface area contributed by atoms with Crippen LogP contribution in [0.1, 0.15) is 15.2 Å².